The van der Waals surface area contributed by atoms with E-state index in [1.165, 1.54) is 6.33 Å². The third-order valence-electron chi connectivity index (χ3n) is 2.46. The van der Waals surface area contributed by atoms with Gasteiger partial charge < -0.3 is 11.1 Å². The second-order valence-corrected chi connectivity index (χ2v) is 3.95. The number of aromatic nitrogens is 3. The minimum absolute atomic E-state index is 0.0277. The lowest BCUT2D eigenvalue weighted by atomic mass is 10.1. The fourth-order valence-corrected chi connectivity index (χ4v) is 1.62. The van der Waals surface area contributed by atoms with E-state index in [9.17, 15) is 4.79 Å². The summed E-state index contributed by atoms with van der Waals surface area (Å²) in [6.45, 7) is 0.538. The van der Waals surface area contributed by atoms with Gasteiger partial charge in [0.05, 0.1) is 6.42 Å². The van der Waals surface area contributed by atoms with Crippen LogP contribution in [-0.2, 0) is 17.6 Å². The Morgan fingerprint density at radius 1 is 1.44 bits per heavy atom. The van der Waals surface area contributed by atoms with E-state index >= 15 is 0 Å². The number of nitrogens with two attached hydrogens (primary N) is 1. The van der Waals surface area contributed by atoms with Crippen LogP contribution in [-0.4, -0.2) is 27.6 Å². The van der Waals surface area contributed by atoms with Crippen molar-refractivity contribution in [3.63, 3.8) is 0 Å². The van der Waals surface area contributed by atoms with Crippen molar-refractivity contribution in [3.8, 4) is 0 Å². The maximum absolute atomic E-state index is 11.7. The first-order valence-corrected chi connectivity index (χ1v) is 5.69. The highest BCUT2D eigenvalue weighted by atomic mass is 16.1. The van der Waals surface area contributed by atoms with Crippen molar-refractivity contribution in [2.75, 3.05) is 12.3 Å². The molecule has 94 valence electrons. The zero-order chi connectivity index (χ0) is 12.8. The molecule has 2 rings (SSSR count). The van der Waals surface area contributed by atoms with Crippen LogP contribution in [0.2, 0.25) is 0 Å². The number of H-pyrrole nitrogens is 1. The molecule has 1 aromatic carbocycles. The molecule has 0 unspecified atom stereocenters. The first-order valence-electron chi connectivity index (χ1n) is 5.69. The highest BCUT2D eigenvalue weighted by Crippen LogP contribution is 2.06. The van der Waals surface area contributed by atoms with Gasteiger partial charge in [0.2, 0.25) is 5.91 Å². The van der Waals surface area contributed by atoms with Crippen LogP contribution in [0, 0.1) is 0 Å². The lowest BCUT2D eigenvalue weighted by Crippen LogP contribution is -2.27. The Morgan fingerprint density at radius 3 is 3.06 bits per heavy atom. The molecule has 0 aliphatic heterocycles. The molecule has 1 aromatic heterocycles. The minimum atomic E-state index is -0.0277. The van der Waals surface area contributed by atoms with Gasteiger partial charge >= 0.3 is 0 Å². The Balaban J connectivity index is 1.75. The maximum atomic E-state index is 11.7. The van der Waals surface area contributed by atoms with Gasteiger partial charge in [-0.25, -0.2) is 4.98 Å². The van der Waals surface area contributed by atoms with Crippen molar-refractivity contribution in [2.24, 2.45) is 0 Å². The fraction of sp³-hybridized carbons (Fsp3) is 0.250. The van der Waals surface area contributed by atoms with Gasteiger partial charge in [0.25, 0.3) is 0 Å². The molecule has 2 aromatic rings. The van der Waals surface area contributed by atoms with Crippen LogP contribution in [0.4, 0.5) is 5.69 Å². The average Bonchev–Trinajstić information content (AvgIpc) is 2.82. The molecular weight excluding hydrogens is 230 g/mol. The van der Waals surface area contributed by atoms with Gasteiger partial charge in [-0.3, -0.25) is 9.89 Å². The van der Waals surface area contributed by atoms with Crippen LogP contribution in [0.1, 0.15) is 11.4 Å². The predicted molar refractivity (Wildman–Crippen MR) is 67.7 cm³/mol. The summed E-state index contributed by atoms with van der Waals surface area (Å²) in [7, 11) is 0. The second kappa shape index (κ2) is 5.81. The van der Waals surface area contributed by atoms with E-state index in [1.54, 1.807) is 12.1 Å². The summed E-state index contributed by atoms with van der Waals surface area (Å²) < 4.78 is 0. The van der Waals surface area contributed by atoms with Crippen molar-refractivity contribution >= 4 is 11.6 Å². The minimum Gasteiger partial charge on any atom is -0.399 e. The third kappa shape index (κ3) is 3.58. The third-order valence-corrected chi connectivity index (χ3v) is 2.46. The molecule has 0 saturated heterocycles. The number of nitrogens with one attached hydrogen (secondary N) is 2. The van der Waals surface area contributed by atoms with Gasteiger partial charge in [0.15, 0.2) is 0 Å². The van der Waals surface area contributed by atoms with Crippen LogP contribution in [0.5, 0.6) is 0 Å². The molecule has 0 aliphatic carbocycles. The van der Waals surface area contributed by atoms with Crippen molar-refractivity contribution in [2.45, 2.75) is 12.8 Å². The Bertz CT molecular complexity index is 509. The quantitative estimate of drug-likeness (QED) is 0.659. The number of nitrogen functional groups attached to an aromatic ring is 1. The smallest absolute Gasteiger partial charge is 0.224 e. The largest absolute Gasteiger partial charge is 0.399 e. The van der Waals surface area contributed by atoms with Crippen LogP contribution < -0.4 is 11.1 Å². The van der Waals surface area contributed by atoms with Gasteiger partial charge in [-0.05, 0) is 17.7 Å². The number of amides is 1. The maximum Gasteiger partial charge on any atom is 0.224 e. The summed E-state index contributed by atoms with van der Waals surface area (Å²) in [5.41, 5.74) is 7.23. The number of carbonyl (C=O) groups excluding carboxylic acids is 1. The summed E-state index contributed by atoms with van der Waals surface area (Å²) in [4.78, 5) is 15.6. The molecule has 4 N–H and O–H groups in total. The number of aromatic amines is 1. The molecule has 18 heavy (non-hydrogen) atoms. The monoisotopic (exact) mass is 245 g/mol. The van der Waals surface area contributed by atoms with Gasteiger partial charge in [-0.15, -0.1) is 0 Å². The number of hydrogen-bond donors (Lipinski definition) is 3. The Labute approximate surface area is 105 Å². The molecule has 0 fully saturated rings. The van der Waals surface area contributed by atoms with Crippen LogP contribution in [0.15, 0.2) is 30.6 Å². The first-order chi connectivity index (χ1) is 8.74. The summed E-state index contributed by atoms with van der Waals surface area (Å²) in [6.07, 6.45) is 2.42. The molecule has 0 saturated carbocycles. The van der Waals surface area contributed by atoms with E-state index in [1.807, 2.05) is 12.1 Å². The normalized spacial score (nSPS) is 10.2. The molecule has 1 heterocycles. The number of carbonyl (C=O) groups is 1. The van der Waals surface area contributed by atoms with Crippen LogP contribution >= 0.6 is 0 Å². The standard InChI is InChI=1S/C12H15N5O/c13-10-3-1-2-9(6-10)7-12(18)14-5-4-11-15-8-16-17-11/h1-3,6,8H,4-5,7,13H2,(H,14,18)(H,15,16,17). The second-order valence-electron chi connectivity index (χ2n) is 3.95. The molecule has 1 amide bonds. The van der Waals surface area contributed by atoms with Gasteiger partial charge in [0.1, 0.15) is 12.2 Å². The molecule has 0 bridgehead atoms. The molecule has 6 heteroatoms. The van der Waals surface area contributed by atoms with E-state index in [-0.39, 0.29) is 5.91 Å². The van der Waals surface area contributed by atoms with E-state index in [4.69, 9.17) is 5.73 Å². The Hall–Kier alpha value is -2.37. The average molecular weight is 245 g/mol. The van der Waals surface area contributed by atoms with E-state index in [0.29, 0.717) is 25.1 Å². The van der Waals surface area contributed by atoms with Gasteiger partial charge in [-0.2, -0.15) is 5.10 Å². The highest BCUT2D eigenvalue weighted by molar-refractivity contribution is 5.78. The lowest BCUT2D eigenvalue weighted by molar-refractivity contribution is -0.120. The fourth-order valence-electron chi connectivity index (χ4n) is 1.62. The molecule has 6 nitrogen and oxygen atoms in total. The topological polar surface area (TPSA) is 96.7 Å². The molecule has 0 atom stereocenters. The first kappa shape index (κ1) is 12.1. The summed E-state index contributed by atoms with van der Waals surface area (Å²) in [5.74, 6) is 0.736. The molecular formula is C12H15N5O. The van der Waals surface area contributed by atoms with Crippen molar-refractivity contribution in [1.29, 1.82) is 0 Å². The molecule has 0 aliphatic rings. The summed E-state index contributed by atoms with van der Waals surface area (Å²) in [6, 6.07) is 7.32. The van der Waals surface area contributed by atoms with Crippen molar-refractivity contribution in [1.82, 2.24) is 20.5 Å². The molecule has 0 radical (unpaired) electrons. The number of hydrogen-bond acceptors (Lipinski definition) is 4. The number of nitrogens with zero attached hydrogens (tertiary/aromatic N) is 2. The lowest BCUT2D eigenvalue weighted by Gasteiger charge is -2.04. The van der Waals surface area contributed by atoms with Gasteiger partial charge in [0, 0.05) is 18.7 Å². The van der Waals surface area contributed by atoms with E-state index in [2.05, 4.69) is 20.5 Å². The summed E-state index contributed by atoms with van der Waals surface area (Å²) >= 11 is 0. The number of anilines is 1. The predicted octanol–water partition coefficient (Wildman–Crippen LogP) is 0.288. The van der Waals surface area contributed by atoms with Crippen molar-refractivity contribution < 1.29 is 4.79 Å². The van der Waals surface area contributed by atoms with Crippen LogP contribution in [0.25, 0.3) is 0 Å². The molecule has 0 spiro atoms. The van der Waals surface area contributed by atoms with Gasteiger partial charge in [-0.1, -0.05) is 12.1 Å². The number of rotatable bonds is 5. The Kier molecular flexibility index (Phi) is 3.90. The van der Waals surface area contributed by atoms with Crippen molar-refractivity contribution in [3.05, 3.63) is 42.0 Å². The zero-order valence-electron chi connectivity index (χ0n) is 9.89. The summed E-state index contributed by atoms with van der Waals surface area (Å²) in [5, 5.41) is 9.30. The number of benzene rings is 1. The van der Waals surface area contributed by atoms with E-state index in [0.717, 1.165) is 11.4 Å². The highest BCUT2D eigenvalue weighted by Gasteiger charge is 2.03. The zero-order valence-corrected chi connectivity index (χ0v) is 9.89. The van der Waals surface area contributed by atoms with E-state index < -0.39 is 0 Å². The SMILES string of the molecule is Nc1cccc(CC(=O)NCCc2ncn[nH]2)c1. The van der Waals surface area contributed by atoms with Crippen LogP contribution in [0.3, 0.4) is 0 Å². The Morgan fingerprint density at radius 2 is 2.33 bits per heavy atom.